The summed E-state index contributed by atoms with van der Waals surface area (Å²) in [5, 5.41) is 13.6. The minimum Gasteiger partial charge on any atom is -0.361 e. The SMILES string of the molecule is CC(C)(C)NCc1c[nH]c2cccc(C#N)c12. The van der Waals surface area contributed by atoms with Crippen molar-refractivity contribution in [2.75, 3.05) is 0 Å². The van der Waals surface area contributed by atoms with Crippen molar-refractivity contribution in [2.24, 2.45) is 0 Å². The van der Waals surface area contributed by atoms with Gasteiger partial charge in [-0.05, 0) is 38.5 Å². The Morgan fingerprint density at radius 3 is 2.76 bits per heavy atom. The predicted octanol–water partition coefficient (Wildman–Crippen LogP) is 2.93. The number of H-pyrrole nitrogens is 1. The molecular formula is C14H17N3. The van der Waals surface area contributed by atoms with E-state index in [1.54, 1.807) is 0 Å². The summed E-state index contributed by atoms with van der Waals surface area (Å²) in [4.78, 5) is 3.21. The van der Waals surface area contributed by atoms with Gasteiger partial charge in [-0.3, -0.25) is 0 Å². The van der Waals surface area contributed by atoms with Crippen molar-refractivity contribution >= 4 is 10.9 Å². The molecule has 2 rings (SSSR count). The lowest BCUT2D eigenvalue weighted by Gasteiger charge is -2.20. The number of benzene rings is 1. The van der Waals surface area contributed by atoms with Crippen LogP contribution in [0.1, 0.15) is 31.9 Å². The van der Waals surface area contributed by atoms with Crippen molar-refractivity contribution in [1.82, 2.24) is 10.3 Å². The summed E-state index contributed by atoms with van der Waals surface area (Å²) >= 11 is 0. The van der Waals surface area contributed by atoms with Crippen LogP contribution >= 0.6 is 0 Å². The first-order valence-corrected chi connectivity index (χ1v) is 5.75. The van der Waals surface area contributed by atoms with Gasteiger partial charge in [0.25, 0.3) is 0 Å². The molecule has 3 nitrogen and oxygen atoms in total. The maximum absolute atomic E-state index is 9.12. The Morgan fingerprint density at radius 2 is 2.12 bits per heavy atom. The summed E-state index contributed by atoms with van der Waals surface area (Å²) < 4.78 is 0. The Morgan fingerprint density at radius 1 is 1.35 bits per heavy atom. The van der Waals surface area contributed by atoms with E-state index in [-0.39, 0.29) is 5.54 Å². The minimum absolute atomic E-state index is 0.0746. The summed E-state index contributed by atoms with van der Waals surface area (Å²) in [7, 11) is 0. The van der Waals surface area contributed by atoms with Crippen molar-refractivity contribution in [3.05, 3.63) is 35.5 Å². The van der Waals surface area contributed by atoms with Crippen molar-refractivity contribution in [3.63, 3.8) is 0 Å². The summed E-state index contributed by atoms with van der Waals surface area (Å²) in [6.45, 7) is 7.16. The van der Waals surface area contributed by atoms with Crippen molar-refractivity contribution < 1.29 is 0 Å². The number of hydrogen-bond acceptors (Lipinski definition) is 2. The highest BCUT2D eigenvalue weighted by molar-refractivity contribution is 5.88. The lowest BCUT2D eigenvalue weighted by molar-refractivity contribution is 0.425. The maximum Gasteiger partial charge on any atom is 0.0998 e. The summed E-state index contributed by atoms with van der Waals surface area (Å²) in [5.74, 6) is 0. The van der Waals surface area contributed by atoms with Crippen LogP contribution in [0.5, 0.6) is 0 Å². The third-order valence-electron chi connectivity index (χ3n) is 2.72. The molecule has 0 fully saturated rings. The molecule has 2 N–H and O–H groups in total. The molecule has 1 heterocycles. The zero-order valence-electron chi connectivity index (χ0n) is 10.5. The second-order valence-electron chi connectivity index (χ2n) is 5.26. The van der Waals surface area contributed by atoms with E-state index in [2.05, 4.69) is 37.1 Å². The molecule has 0 unspecified atom stereocenters. The van der Waals surface area contributed by atoms with E-state index in [1.165, 1.54) is 0 Å². The van der Waals surface area contributed by atoms with Gasteiger partial charge >= 0.3 is 0 Å². The molecule has 88 valence electrons. The number of rotatable bonds is 2. The van der Waals surface area contributed by atoms with Crippen molar-refractivity contribution in [2.45, 2.75) is 32.9 Å². The first kappa shape index (κ1) is 11.7. The molecular weight excluding hydrogens is 210 g/mol. The second kappa shape index (κ2) is 4.23. The molecule has 0 saturated heterocycles. The smallest absolute Gasteiger partial charge is 0.0998 e. The van der Waals surface area contributed by atoms with Gasteiger partial charge in [-0.1, -0.05) is 6.07 Å². The number of nitriles is 1. The summed E-state index contributed by atoms with van der Waals surface area (Å²) in [6, 6.07) is 8.00. The molecule has 0 aliphatic carbocycles. The van der Waals surface area contributed by atoms with Crippen LogP contribution in [-0.2, 0) is 6.54 Å². The number of hydrogen-bond donors (Lipinski definition) is 2. The van der Waals surface area contributed by atoms with Crippen LogP contribution in [0.15, 0.2) is 24.4 Å². The van der Waals surface area contributed by atoms with Gasteiger partial charge in [-0.2, -0.15) is 5.26 Å². The highest BCUT2D eigenvalue weighted by Crippen LogP contribution is 2.22. The summed E-state index contributed by atoms with van der Waals surface area (Å²) in [5.41, 5.74) is 2.97. The van der Waals surface area contributed by atoms with E-state index >= 15 is 0 Å². The van der Waals surface area contributed by atoms with Gasteiger partial charge in [-0.15, -0.1) is 0 Å². The predicted molar refractivity (Wildman–Crippen MR) is 69.6 cm³/mol. The Kier molecular flexibility index (Phi) is 2.91. The largest absolute Gasteiger partial charge is 0.361 e. The lowest BCUT2D eigenvalue weighted by Crippen LogP contribution is -2.35. The molecule has 0 saturated carbocycles. The fraction of sp³-hybridized carbons (Fsp3) is 0.357. The molecule has 0 spiro atoms. The third kappa shape index (κ3) is 2.48. The fourth-order valence-electron chi connectivity index (χ4n) is 1.85. The second-order valence-corrected chi connectivity index (χ2v) is 5.26. The number of aromatic amines is 1. The number of nitrogens with one attached hydrogen (secondary N) is 2. The lowest BCUT2D eigenvalue weighted by atomic mass is 10.1. The zero-order chi connectivity index (χ0) is 12.5. The van der Waals surface area contributed by atoms with Crippen molar-refractivity contribution in [1.29, 1.82) is 5.26 Å². The minimum atomic E-state index is 0.0746. The number of nitrogens with zero attached hydrogens (tertiary/aromatic N) is 1. The molecule has 3 heteroatoms. The highest BCUT2D eigenvalue weighted by atomic mass is 14.9. The Balaban J connectivity index is 2.39. The van der Waals surface area contributed by atoms with E-state index < -0.39 is 0 Å². The van der Waals surface area contributed by atoms with Gasteiger partial charge in [0.2, 0.25) is 0 Å². The van der Waals surface area contributed by atoms with E-state index in [4.69, 9.17) is 5.26 Å². The van der Waals surface area contributed by atoms with Gasteiger partial charge in [-0.25, -0.2) is 0 Å². The molecule has 1 aromatic heterocycles. The van der Waals surface area contributed by atoms with Crippen LogP contribution in [0, 0.1) is 11.3 Å². The van der Waals surface area contributed by atoms with Gasteiger partial charge in [0.15, 0.2) is 0 Å². The Labute approximate surface area is 101 Å². The molecule has 0 aliphatic rings. The Hall–Kier alpha value is -1.79. The van der Waals surface area contributed by atoms with Crippen LogP contribution in [0.3, 0.4) is 0 Å². The third-order valence-corrected chi connectivity index (χ3v) is 2.72. The first-order valence-electron chi connectivity index (χ1n) is 5.75. The van der Waals surface area contributed by atoms with Crippen LogP contribution < -0.4 is 5.32 Å². The topological polar surface area (TPSA) is 51.6 Å². The van der Waals surface area contributed by atoms with Gasteiger partial charge in [0.1, 0.15) is 0 Å². The van der Waals surface area contributed by atoms with Crippen LogP contribution in [-0.4, -0.2) is 10.5 Å². The zero-order valence-corrected chi connectivity index (χ0v) is 10.5. The average Bonchev–Trinajstić information content (AvgIpc) is 2.68. The van der Waals surface area contributed by atoms with Crippen LogP contribution in [0.4, 0.5) is 0 Å². The molecule has 1 aromatic carbocycles. The molecule has 2 aromatic rings. The summed E-state index contributed by atoms with van der Waals surface area (Å²) in [6.07, 6.45) is 1.98. The van der Waals surface area contributed by atoms with Crippen LogP contribution in [0.25, 0.3) is 10.9 Å². The number of aromatic nitrogens is 1. The van der Waals surface area contributed by atoms with E-state index in [9.17, 15) is 0 Å². The monoisotopic (exact) mass is 227 g/mol. The van der Waals surface area contributed by atoms with Gasteiger partial charge in [0.05, 0.1) is 11.6 Å². The van der Waals surface area contributed by atoms with E-state index in [1.807, 2.05) is 24.4 Å². The molecule has 0 bridgehead atoms. The molecule has 17 heavy (non-hydrogen) atoms. The standard InChI is InChI=1S/C14H17N3/c1-14(2,3)17-9-11-8-16-12-6-4-5-10(7-15)13(11)12/h4-6,8,16-17H,9H2,1-3H3. The number of fused-ring (bicyclic) bond motifs is 1. The molecule has 0 atom stereocenters. The van der Waals surface area contributed by atoms with Gasteiger partial charge < -0.3 is 10.3 Å². The van der Waals surface area contributed by atoms with E-state index in [0.29, 0.717) is 0 Å². The molecule has 0 radical (unpaired) electrons. The molecule has 0 amide bonds. The maximum atomic E-state index is 9.12. The van der Waals surface area contributed by atoms with E-state index in [0.717, 1.165) is 28.6 Å². The van der Waals surface area contributed by atoms with Crippen LogP contribution in [0.2, 0.25) is 0 Å². The van der Waals surface area contributed by atoms with Gasteiger partial charge in [0, 0.05) is 29.2 Å². The highest BCUT2D eigenvalue weighted by Gasteiger charge is 2.12. The quantitative estimate of drug-likeness (QED) is 0.828. The fourth-order valence-corrected chi connectivity index (χ4v) is 1.85. The molecule has 0 aliphatic heterocycles. The van der Waals surface area contributed by atoms with Crippen molar-refractivity contribution in [3.8, 4) is 6.07 Å². The average molecular weight is 227 g/mol. The first-order chi connectivity index (χ1) is 8.01. The normalized spacial score (nSPS) is 11.6. The Bertz CT molecular complexity index is 567.